The van der Waals surface area contributed by atoms with Gasteiger partial charge in [-0.2, -0.15) is 0 Å². The number of nitrogens with two attached hydrogens (primary N) is 1. The zero-order valence-electron chi connectivity index (χ0n) is 16.5. The molecule has 0 bridgehead atoms. The van der Waals surface area contributed by atoms with Gasteiger partial charge in [0.15, 0.2) is 0 Å². The van der Waals surface area contributed by atoms with E-state index in [0.29, 0.717) is 0 Å². The molecule has 1 amide bonds. The molecule has 4 heteroatoms. The van der Waals surface area contributed by atoms with E-state index in [1.54, 1.807) is 0 Å². The molecule has 0 fully saturated rings. The largest absolute Gasteiger partial charge is 0.371 e. The Balaban J connectivity index is 1.98. The smallest absolute Gasteiger partial charge is 0.220 e. The number of anilines is 1. The number of amides is 1. The molecule has 0 aliphatic rings. The second kappa shape index (κ2) is 10.4. The number of nitrogens with zero attached hydrogens (tertiary/aromatic N) is 1. The quantitative estimate of drug-likeness (QED) is 0.621. The Bertz CT molecular complexity index is 710. The van der Waals surface area contributed by atoms with Crippen LogP contribution in [0.15, 0.2) is 48.5 Å². The summed E-state index contributed by atoms with van der Waals surface area (Å²) in [5.41, 5.74) is 9.19. The average molecular weight is 386 g/mol. The standard InChI is InChI=1S/C23H30ClN2O/c1-17(2)16-26(15-14-18(3)23(25)27)22-12-8-20(9-13-22)5-4-19-6-10-21(24)11-7-19/h6-13,18H,4-5,14-16H2,1-3H3,(H2,25,27). The van der Waals surface area contributed by atoms with Gasteiger partial charge in [0.2, 0.25) is 5.91 Å². The Hall–Kier alpha value is -2.00. The fourth-order valence-electron chi connectivity index (χ4n) is 2.99. The first-order valence-electron chi connectivity index (χ1n) is 9.52. The predicted octanol–water partition coefficient (Wildman–Crippen LogP) is 5.06. The van der Waals surface area contributed by atoms with Gasteiger partial charge in [-0.25, -0.2) is 0 Å². The molecule has 1 atom stereocenters. The fraction of sp³-hybridized carbons (Fsp3) is 0.391. The van der Waals surface area contributed by atoms with Crippen LogP contribution in [0.2, 0.25) is 5.02 Å². The van der Waals surface area contributed by atoms with Gasteiger partial charge in [0.25, 0.3) is 0 Å². The van der Waals surface area contributed by atoms with Crippen LogP contribution in [-0.4, -0.2) is 19.0 Å². The van der Waals surface area contributed by atoms with E-state index in [4.69, 9.17) is 17.3 Å². The Kier molecular flexibility index (Phi) is 8.18. The minimum Gasteiger partial charge on any atom is -0.371 e. The summed E-state index contributed by atoms with van der Waals surface area (Å²) in [5.74, 6) is 1.00. The van der Waals surface area contributed by atoms with E-state index in [1.165, 1.54) is 22.7 Å². The van der Waals surface area contributed by atoms with Crippen LogP contribution in [0.5, 0.6) is 0 Å². The van der Waals surface area contributed by atoms with E-state index in [2.05, 4.69) is 55.1 Å². The Morgan fingerprint density at radius 2 is 1.52 bits per heavy atom. The van der Waals surface area contributed by atoms with Crippen molar-refractivity contribution in [3.8, 4) is 0 Å². The first-order chi connectivity index (χ1) is 12.8. The monoisotopic (exact) mass is 385 g/mol. The highest BCUT2D eigenvalue weighted by Crippen LogP contribution is 2.20. The van der Waals surface area contributed by atoms with Crippen molar-refractivity contribution in [1.82, 2.24) is 0 Å². The van der Waals surface area contributed by atoms with Gasteiger partial charge in [-0.15, -0.1) is 0 Å². The molecule has 0 aliphatic heterocycles. The molecule has 27 heavy (non-hydrogen) atoms. The van der Waals surface area contributed by atoms with Gasteiger partial charge in [0, 0.05) is 29.7 Å². The maximum absolute atomic E-state index is 11.3. The highest BCUT2D eigenvalue weighted by atomic mass is 35.5. The number of carbonyl (C=O) groups excluding carboxylic acids is 1. The number of aryl methyl sites for hydroxylation is 2. The topological polar surface area (TPSA) is 46.3 Å². The first-order valence-corrected chi connectivity index (χ1v) is 9.89. The van der Waals surface area contributed by atoms with Crippen LogP contribution in [0.25, 0.3) is 0 Å². The van der Waals surface area contributed by atoms with Crippen molar-refractivity contribution in [2.45, 2.75) is 40.0 Å². The number of hydrogen-bond acceptors (Lipinski definition) is 2. The maximum atomic E-state index is 11.3. The number of primary amides is 1. The molecule has 2 rings (SSSR count). The summed E-state index contributed by atoms with van der Waals surface area (Å²) in [5, 5.41) is 0.775. The number of halogens is 1. The van der Waals surface area contributed by atoms with Gasteiger partial charge >= 0.3 is 0 Å². The van der Waals surface area contributed by atoms with Gasteiger partial charge < -0.3 is 10.6 Å². The molecule has 2 aromatic carbocycles. The molecule has 1 radical (unpaired) electrons. The number of hydrogen-bond donors (Lipinski definition) is 1. The summed E-state index contributed by atoms with van der Waals surface area (Å²) >= 11 is 5.94. The van der Waals surface area contributed by atoms with Gasteiger partial charge in [-0.05, 0) is 60.6 Å². The fourth-order valence-corrected chi connectivity index (χ4v) is 3.11. The van der Waals surface area contributed by atoms with E-state index in [1.807, 2.05) is 19.1 Å². The van der Waals surface area contributed by atoms with Crippen LogP contribution in [0, 0.1) is 11.8 Å². The highest BCUT2D eigenvalue weighted by Gasteiger charge is 2.14. The van der Waals surface area contributed by atoms with E-state index in [0.717, 1.165) is 37.4 Å². The third kappa shape index (κ3) is 7.26. The van der Waals surface area contributed by atoms with Crippen molar-refractivity contribution in [2.75, 3.05) is 18.0 Å². The highest BCUT2D eigenvalue weighted by molar-refractivity contribution is 6.30. The minimum atomic E-state index is -0.232. The molecule has 3 nitrogen and oxygen atoms in total. The molecule has 0 saturated carbocycles. The molecule has 2 N–H and O–H groups in total. The zero-order valence-corrected chi connectivity index (χ0v) is 17.3. The van der Waals surface area contributed by atoms with Gasteiger partial charge in [-0.3, -0.25) is 4.79 Å². The minimum absolute atomic E-state index is 0.108. The predicted molar refractivity (Wildman–Crippen MR) is 115 cm³/mol. The van der Waals surface area contributed by atoms with E-state index in [-0.39, 0.29) is 11.8 Å². The summed E-state index contributed by atoms with van der Waals surface area (Å²) in [4.78, 5) is 13.6. The molecule has 0 aliphatic carbocycles. The summed E-state index contributed by atoms with van der Waals surface area (Å²) in [6.45, 7) is 7.86. The number of rotatable bonds is 10. The maximum Gasteiger partial charge on any atom is 0.220 e. The van der Waals surface area contributed by atoms with Crippen LogP contribution in [0.3, 0.4) is 0 Å². The SMILES string of the molecule is C[C](C)CN(CCC(C)C(N)=O)c1ccc(CCc2ccc(Cl)cc2)cc1. The van der Waals surface area contributed by atoms with Crippen molar-refractivity contribution in [3.63, 3.8) is 0 Å². The van der Waals surface area contributed by atoms with Gasteiger partial charge in [0.1, 0.15) is 0 Å². The molecule has 145 valence electrons. The van der Waals surface area contributed by atoms with Crippen LogP contribution in [-0.2, 0) is 17.6 Å². The molecule has 0 saturated heterocycles. The summed E-state index contributed by atoms with van der Waals surface area (Å²) < 4.78 is 0. The lowest BCUT2D eigenvalue weighted by atomic mass is 10.0. The Labute approximate surface area is 168 Å². The number of carbonyl (C=O) groups is 1. The number of benzene rings is 2. The molecule has 0 spiro atoms. The van der Waals surface area contributed by atoms with Crippen molar-refractivity contribution in [3.05, 3.63) is 70.6 Å². The van der Waals surface area contributed by atoms with Crippen LogP contribution in [0.1, 0.15) is 38.3 Å². The van der Waals surface area contributed by atoms with Crippen molar-refractivity contribution < 1.29 is 4.79 Å². The van der Waals surface area contributed by atoms with E-state index in [9.17, 15) is 4.79 Å². The van der Waals surface area contributed by atoms with Crippen LogP contribution in [0.4, 0.5) is 5.69 Å². The van der Waals surface area contributed by atoms with Crippen LogP contribution < -0.4 is 10.6 Å². The molecular weight excluding hydrogens is 356 g/mol. The molecular formula is C23H30ClN2O. The Morgan fingerprint density at radius 1 is 1.00 bits per heavy atom. The van der Waals surface area contributed by atoms with Gasteiger partial charge in [-0.1, -0.05) is 56.6 Å². The summed E-state index contributed by atoms with van der Waals surface area (Å²) in [6.07, 6.45) is 2.76. The zero-order chi connectivity index (χ0) is 19.8. The lowest BCUT2D eigenvalue weighted by molar-refractivity contribution is -0.121. The third-order valence-electron chi connectivity index (χ3n) is 4.74. The average Bonchev–Trinajstić information content (AvgIpc) is 2.64. The molecule has 1 unspecified atom stereocenters. The van der Waals surface area contributed by atoms with E-state index < -0.39 is 0 Å². The van der Waals surface area contributed by atoms with Crippen LogP contribution >= 0.6 is 11.6 Å². The second-order valence-corrected chi connectivity index (χ2v) is 7.95. The molecule has 2 aromatic rings. The van der Waals surface area contributed by atoms with Crippen molar-refractivity contribution >= 4 is 23.2 Å². The van der Waals surface area contributed by atoms with Crippen molar-refractivity contribution in [1.29, 1.82) is 0 Å². The van der Waals surface area contributed by atoms with E-state index >= 15 is 0 Å². The third-order valence-corrected chi connectivity index (χ3v) is 4.99. The molecule has 0 aromatic heterocycles. The van der Waals surface area contributed by atoms with Crippen molar-refractivity contribution in [2.24, 2.45) is 11.7 Å². The lowest BCUT2D eigenvalue weighted by Crippen LogP contribution is -2.31. The normalized spacial score (nSPS) is 12.2. The molecule has 0 heterocycles. The van der Waals surface area contributed by atoms with Gasteiger partial charge in [0.05, 0.1) is 0 Å². The summed E-state index contributed by atoms with van der Waals surface area (Å²) in [6, 6.07) is 16.8. The summed E-state index contributed by atoms with van der Waals surface area (Å²) in [7, 11) is 0. The second-order valence-electron chi connectivity index (χ2n) is 7.51. The lowest BCUT2D eigenvalue weighted by Gasteiger charge is -2.27. The first kappa shape index (κ1) is 21.3. The Morgan fingerprint density at radius 3 is 2.00 bits per heavy atom.